The Bertz CT molecular complexity index is 211. The molecule has 0 amide bonds. The Morgan fingerprint density at radius 1 is 1.36 bits per heavy atom. The van der Waals surface area contributed by atoms with Crippen LogP contribution in [0.1, 0.15) is 19.5 Å². The molecular weight excluding hydrogens is 136 g/mol. The second-order valence-electron chi connectivity index (χ2n) is 2.63. The smallest absolute Gasteiger partial charge is 0.0365 e. The van der Waals surface area contributed by atoms with Crippen molar-refractivity contribution in [1.29, 1.82) is 0 Å². The first-order valence-corrected chi connectivity index (χ1v) is 4.18. The zero-order chi connectivity index (χ0) is 8.27. The van der Waals surface area contributed by atoms with Crippen LogP contribution in [0.3, 0.4) is 0 Å². The summed E-state index contributed by atoms with van der Waals surface area (Å²) in [5, 5.41) is 2.29. The van der Waals surface area contributed by atoms with Gasteiger partial charge in [-0.15, -0.1) is 0 Å². The van der Waals surface area contributed by atoms with E-state index in [1.54, 1.807) is 0 Å². The van der Waals surface area contributed by atoms with Crippen LogP contribution < -0.4 is 5.01 Å². The molecule has 0 saturated carbocycles. The third-order valence-corrected chi connectivity index (χ3v) is 1.96. The topological polar surface area (TPSA) is 8.17 Å². The molecule has 0 aromatic carbocycles. The summed E-state index contributed by atoms with van der Waals surface area (Å²) in [7, 11) is 0. The Balaban J connectivity index is 2.81. The number of hydrogen-bond acceptors (Lipinski definition) is 1. The molecule has 0 spiro atoms. The number of nitrogens with zero attached hydrogens (tertiary/aromatic N) is 2. The molecule has 0 atom stereocenters. The van der Waals surface area contributed by atoms with Crippen LogP contribution in [0.2, 0.25) is 0 Å². The van der Waals surface area contributed by atoms with Gasteiger partial charge in [0.1, 0.15) is 0 Å². The molecule has 0 aliphatic heterocycles. The van der Waals surface area contributed by atoms with E-state index in [1.807, 2.05) is 0 Å². The van der Waals surface area contributed by atoms with Crippen molar-refractivity contribution < 1.29 is 0 Å². The highest BCUT2D eigenvalue weighted by atomic mass is 15.5. The SMILES string of the molecule is CCN(CC)n1cccc1C. The predicted molar refractivity (Wildman–Crippen MR) is 48.5 cm³/mol. The lowest BCUT2D eigenvalue weighted by molar-refractivity contribution is 0.609. The highest BCUT2D eigenvalue weighted by molar-refractivity contribution is 5.08. The van der Waals surface area contributed by atoms with E-state index in [2.05, 4.69) is 48.8 Å². The molecule has 2 heteroatoms. The van der Waals surface area contributed by atoms with Crippen molar-refractivity contribution in [2.24, 2.45) is 0 Å². The lowest BCUT2D eigenvalue weighted by atomic mass is 10.5. The average molecular weight is 152 g/mol. The summed E-state index contributed by atoms with van der Waals surface area (Å²) in [6.45, 7) is 8.59. The van der Waals surface area contributed by atoms with Gasteiger partial charge in [0.2, 0.25) is 0 Å². The Labute approximate surface area is 68.4 Å². The molecule has 2 nitrogen and oxygen atoms in total. The fourth-order valence-corrected chi connectivity index (χ4v) is 1.30. The molecule has 1 rings (SSSR count). The van der Waals surface area contributed by atoms with E-state index in [-0.39, 0.29) is 0 Å². The van der Waals surface area contributed by atoms with Crippen molar-refractivity contribution in [3.63, 3.8) is 0 Å². The van der Waals surface area contributed by atoms with Crippen LogP contribution >= 0.6 is 0 Å². The number of hydrogen-bond donors (Lipinski definition) is 0. The molecule has 0 aliphatic rings. The van der Waals surface area contributed by atoms with Crippen molar-refractivity contribution in [3.8, 4) is 0 Å². The van der Waals surface area contributed by atoms with Gasteiger partial charge >= 0.3 is 0 Å². The second kappa shape index (κ2) is 3.46. The summed E-state index contributed by atoms with van der Waals surface area (Å²) in [4.78, 5) is 0. The highest BCUT2D eigenvalue weighted by Crippen LogP contribution is 2.00. The maximum atomic E-state index is 2.29. The van der Waals surface area contributed by atoms with Gasteiger partial charge in [0.05, 0.1) is 0 Å². The van der Waals surface area contributed by atoms with E-state index < -0.39 is 0 Å². The molecule has 1 aromatic rings. The lowest BCUT2D eigenvalue weighted by Gasteiger charge is -2.24. The summed E-state index contributed by atoms with van der Waals surface area (Å²) in [5.41, 5.74) is 1.30. The van der Waals surface area contributed by atoms with Crippen molar-refractivity contribution in [2.75, 3.05) is 18.1 Å². The Hall–Kier alpha value is -0.920. The molecule has 1 heterocycles. The molecule has 0 bridgehead atoms. The summed E-state index contributed by atoms with van der Waals surface area (Å²) < 4.78 is 2.19. The molecule has 1 aromatic heterocycles. The van der Waals surface area contributed by atoms with Crippen LogP contribution in [-0.2, 0) is 0 Å². The van der Waals surface area contributed by atoms with Crippen LogP contribution in [0, 0.1) is 6.92 Å². The van der Waals surface area contributed by atoms with Crippen molar-refractivity contribution in [1.82, 2.24) is 4.68 Å². The summed E-state index contributed by atoms with van der Waals surface area (Å²) in [6.07, 6.45) is 2.10. The zero-order valence-corrected chi connectivity index (χ0v) is 7.54. The minimum absolute atomic E-state index is 1.06. The van der Waals surface area contributed by atoms with E-state index in [9.17, 15) is 0 Å². The maximum Gasteiger partial charge on any atom is 0.0365 e. The van der Waals surface area contributed by atoms with Crippen LogP contribution in [0.15, 0.2) is 18.3 Å². The first kappa shape index (κ1) is 8.18. The molecular formula is C9H16N2. The van der Waals surface area contributed by atoms with Gasteiger partial charge in [-0.1, -0.05) is 0 Å². The first-order valence-electron chi connectivity index (χ1n) is 4.18. The Morgan fingerprint density at radius 3 is 2.36 bits per heavy atom. The lowest BCUT2D eigenvalue weighted by Crippen LogP contribution is -2.34. The van der Waals surface area contributed by atoms with E-state index >= 15 is 0 Å². The van der Waals surface area contributed by atoms with Gasteiger partial charge in [0, 0.05) is 25.0 Å². The number of rotatable bonds is 3. The standard InChI is InChI=1S/C9H16N2/c1-4-10(5-2)11-8-6-7-9(11)3/h6-8H,4-5H2,1-3H3. The monoisotopic (exact) mass is 152 g/mol. The third-order valence-electron chi connectivity index (χ3n) is 1.96. The van der Waals surface area contributed by atoms with Crippen LogP contribution in [0.25, 0.3) is 0 Å². The largest absolute Gasteiger partial charge is 0.314 e. The number of aryl methyl sites for hydroxylation is 1. The van der Waals surface area contributed by atoms with Crippen molar-refractivity contribution in [2.45, 2.75) is 20.8 Å². The first-order chi connectivity index (χ1) is 5.29. The molecule has 0 aliphatic carbocycles. The number of aromatic nitrogens is 1. The van der Waals surface area contributed by atoms with E-state index in [0.717, 1.165) is 13.1 Å². The van der Waals surface area contributed by atoms with Crippen LogP contribution in [0.5, 0.6) is 0 Å². The molecule has 0 N–H and O–H groups in total. The van der Waals surface area contributed by atoms with Crippen molar-refractivity contribution >= 4 is 0 Å². The third kappa shape index (κ3) is 1.56. The highest BCUT2D eigenvalue weighted by Gasteiger charge is 2.00. The summed E-state index contributed by atoms with van der Waals surface area (Å²) in [6, 6.07) is 4.20. The minimum Gasteiger partial charge on any atom is -0.314 e. The van der Waals surface area contributed by atoms with Crippen LogP contribution in [0.4, 0.5) is 0 Å². The molecule has 11 heavy (non-hydrogen) atoms. The zero-order valence-electron chi connectivity index (χ0n) is 7.54. The van der Waals surface area contributed by atoms with E-state index in [1.165, 1.54) is 5.69 Å². The fraction of sp³-hybridized carbons (Fsp3) is 0.556. The Kier molecular flexibility index (Phi) is 2.58. The minimum atomic E-state index is 1.06. The Morgan fingerprint density at radius 2 is 2.00 bits per heavy atom. The fourth-order valence-electron chi connectivity index (χ4n) is 1.30. The van der Waals surface area contributed by atoms with Gasteiger partial charge in [-0.2, -0.15) is 0 Å². The molecule has 0 unspecified atom stereocenters. The van der Waals surface area contributed by atoms with Crippen LogP contribution in [-0.4, -0.2) is 17.8 Å². The van der Waals surface area contributed by atoms with Gasteiger partial charge in [0.25, 0.3) is 0 Å². The normalized spacial score (nSPS) is 10.1. The predicted octanol–water partition coefficient (Wildman–Crippen LogP) is 1.77. The molecule has 0 radical (unpaired) electrons. The van der Waals surface area contributed by atoms with E-state index in [0.29, 0.717) is 0 Å². The molecule has 0 saturated heterocycles. The van der Waals surface area contributed by atoms with E-state index in [4.69, 9.17) is 0 Å². The van der Waals surface area contributed by atoms with Gasteiger partial charge < -0.3 is 5.01 Å². The molecule has 62 valence electrons. The summed E-state index contributed by atoms with van der Waals surface area (Å²) >= 11 is 0. The van der Waals surface area contributed by atoms with Gasteiger partial charge in [-0.05, 0) is 32.9 Å². The van der Waals surface area contributed by atoms with Gasteiger partial charge in [-0.25, -0.2) is 0 Å². The quantitative estimate of drug-likeness (QED) is 0.641. The van der Waals surface area contributed by atoms with Gasteiger partial charge in [-0.3, -0.25) is 4.68 Å². The van der Waals surface area contributed by atoms with Crippen molar-refractivity contribution in [3.05, 3.63) is 24.0 Å². The maximum absolute atomic E-state index is 2.29. The average Bonchev–Trinajstić information content (AvgIpc) is 2.40. The second-order valence-corrected chi connectivity index (χ2v) is 2.63. The molecule has 0 fully saturated rings. The van der Waals surface area contributed by atoms with Gasteiger partial charge in [0.15, 0.2) is 0 Å². The summed E-state index contributed by atoms with van der Waals surface area (Å²) in [5.74, 6) is 0.